The molecule has 0 aliphatic rings. The summed E-state index contributed by atoms with van der Waals surface area (Å²) in [5.74, 6) is -0.397. The quantitative estimate of drug-likeness (QED) is 0.496. The Bertz CT molecular complexity index is 1090. The van der Waals surface area contributed by atoms with E-state index in [0.29, 0.717) is 33.5 Å². The van der Waals surface area contributed by atoms with Gasteiger partial charge in [-0.2, -0.15) is 0 Å². The zero-order valence-electron chi connectivity index (χ0n) is 15.8. The number of hydrogen-bond donors (Lipinski definition) is 2. The lowest BCUT2D eigenvalue weighted by molar-refractivity contribution is 0.0945. The van der Waals surface area contributed by atoms with Crippen LogP contribution in [0.15, 0.2) is 30.6 Å². The highest BCUT2D eigenvalue weighted by Gasteiger charge is 2.21. The van der Waals surface area contributed by atoms with Gasteiger partial charge in [-0.1, -0.05) is 23.2 Å². The first-order valence-electron chi connectivity index (χ1n) is 8.57. The molecule has 158 valence electrons. The number of carbonyl (C=O) groups is 1. The van der Waals surface area contributed by atoms with Gasteiger partial charge in [-0.25, -0.2) is 14.7 Å². The van der Waals surface area contributed by atoms with Gasteiger partial charge in [-0.3, -0.25) is 14.0 Å². The number of aromatic nitrogens is 3. The normalized spacial score (nSPS) is 13.1. The summed E-state index contributed by atoms with van der Waals surface area (Å²) in [4.78, 5) is 26.1. The van der Waals surface area contributed by atoms with Crippen molar-refractivity contribution in [1.29, 1.82) is 0 Å². The average molecular weight is 485 g/mol. The monoisotopic (exact) mass is 484 g/mol. The molecule has 3 aromatic rings. The van der Waals surface area contributed by atoms with Crippen LogP contribution in [0.1, 0.15) is 43.4 Å². The van der Waals surface area contributed by atoms with Crippen molar-refractivity contribution in [3.63, 3.8) is 0 Å². The number of thiazole rings is 1. The molecule has 2 heterocycles. The van der Waals surface area contributed by atoms with Crippen LogP contribution >= 0.6 is 34.5 Å². The summed E-state index contributed by atoms with van der Waals surface area (Å²) in [5, 5.41) is 4.37. The maximum Gasteiger partial charge on any atom is 0.271 e. The summed E-state index contributed by atoms with van der Waals surface area (Å²) in [6.07, 6.45) is 3.00. The molecule has 0 fully saturated rings. The zero-order chi connectivity index (χ0) is 21.8. The van der Waals surface area contributed by atoms with Gasteiger partial charge in [0.1, 0.15) is 5.69 Å². The second-order valence-corrected chi connectivity index (χ2v) is 9.14. The van der Waals surface area contributed by atoms with Crippen LogP contribution in [-0.2, 0) is 17.8 Å². The molecule has 3 rings (SSSR count). The molecular weight excluding hydrogens is 469 g/mol. The van der Waals surface area contributed by atoms with Gasteiger partial charge in [0, 0.05) is 32.4 Å². The molecular formula is C18H16Cl2N5O3S2-. The van der Waals surface area contributed by atoms with Gasteiger partial charge in [0.15, 0.2) is 0 Å². The number of nitrogens with one attached hydrogen (secondary N) is 2. The lowest BCUT2D eigenvalue weighted by atomic mass is 10.0. The minimum absolute atomic E-state index is 0.114. The van der Waals surface area contributed by atoms with Crippen LogP contribution in [0, 0.1) is 13.8 Å². The van der Waals surface area contributed by atoms with E-state index in [4.69, 9.17) is 23.2 Å². The van der Waals surface area contributed by atoms with Crippen LogP contribution in [0.3, 0.4) is 0 Å². The summed E-state index contributed by atoms with van der Waals surface area (Å²) in [6, 6.07) is 3.83. The minimum Gasteiger partial charge on any atom is -0.760 e. The molecule has 1 aromatic carbocycles. The van der Waals surface area contributed by atoms with Crippen molar-refractivity contribution in [1.82, 2.24) is 25.0 Å². The first kappa shape index (κ1) is 22.7. The smallest absolute Gasteiger partial charge is 0.271 e. The van der Waals surface area contributed by atoms with E-state index in [0.717, 1.165) is 9.88 Å². The fourth-order valence-electron chi connectivity index (χ4n) is 2.75. The van der Waals surface area contributed by atoms with Crippen LogP contribution in [0.4, 0.5) is 0 Å². The molecule has 2 unspecified atom stereocenters. The molecule has 0 bridgehead atoms. The minimum atomic E-state index is -2.59. The molecule has 2 atom stereocenters. The van der Waals surface area contributed by atoms with E-state index in [2.05, 4.69) is 25.0 Å². The Labute approximate surface area is 189 Å². The number of nitrogens with zero attached hydrogens (tertiary/aromatic N) is 3. The number of benzene rings is 1. The molecule has 2 N–H and O–H groups in total. The van der Waals surface area contributed by atoms with Crippen molar-refractivity contribution in [3.8, 4) is 0 Å². The summed E-state index contributed by atoms with van der Waals surface area (Å²) in [7, 11) is 0. The molecule has 0 spiro atoms. The number of halogens is 2. The number of carbonyl (C=O) groups excluding carboxylic acids is 1. The fraction of sp³-hybridized carbons (Fsp3) is 0.222. The van der Waals surface area contributed by atoms with Crippen LogP contribution in [-0.4, -0.2) is 29.6 Å². The van der Waals surface area contributed by atoms with E-state index in [1.807, 2.05) is 6.92 Å². The van der Waals surface area contributed by atoms with Crippen molar-refractivity contribution in [2.45, 2.75) is 26.4 Å². The molecule has 0 saturated carbocycles. The Balaban J connectivity index is 1.85. The largest absolute Gasteiger partial charge is 0.760 e. The predicted molar refractivity (Wildman–Crippen MR) is 115 cm³/mol. The van der Waals surface area contributed by atoms with Crippen LogP contribution in [0.25, 0.3) is 0 Å². The molecule has 0 aliphatic carbocycles. The number of amides is 1. The third-order valence-electron chi connectivity index (χ3n) is 4.02. The first-order chi connectivity index (χ1) is 14.2. The lowest BCUT2D eigenvalue weighted by Crippen LogP contribution is -2.28. The first-order valence-corrected chi connectivity index (χ1v) is 11.2. The summed E-state index contributed by atoms with van der Waals surface area (Å²) in [5.41, 5.74) is 1.32. The lowest BCUT2D eigenvalue weighted by Gasteiger charge is -2.22. The summed E-state index contributed by atoms with van der Waals surface area (Å²) >= 11 is 11.0. The molecule has 1 amide bonds. The Morgan fingerprint density at radius 2 is 1.90 bits per heavy atom. The van der Waals surface area contributed by atoms with Gasteiger partial charge in [0.2, 0.25) is 0 Å². The SMILES string of the molecule is Cc1ncc(CNC(=O)c2cnc(C(NS(=O)[O-])c3cc(Cl)cc(Cl)c3)c(C)n2)s1. The molecule has 8 nitrogen and oxygen atoms in total. The van der Waals surface area contributed by atoms with Gasteiger partial charge in [0.25, 0.3) is 5.91 Å². The summed E-state index contributed by atoms with van der Waals surface area (Å²) in [6.45, 7) is 3.85. The zero-order valence-corrected chi connectivity index (χ0v) is 19.0. The van der Waals surface area contributed by atoms with E-state index >= 15 is 0 Å². The van der Waals surface area contributed by atoms with E-state index in [-0.39, 0.29) is 5.69 Å². The molecule has 12 heteroatoms. The van der Waals surface area contributed by atoms with Crippen LogP contribution in [0.5, 0.6) is 0 Å². The second kappa shape index (κ2) is 9.90. The van der Waals surface area contributed by atoms with Crippen molar-refractivity contribution in [2.75, 3.05) is 0 Å². The van der Waals surface area contributed by atoms with E-state index in [1.165, 1.54) is 23.6 Å². The Morgan fingerprint density at radius 3 is 2.47 bits per heavy atom. The number of aryl methyl sites for hydroxylation is 2. The van der Waals surface area contributed by atoms with Gasteiger partial charge in [-0.15, -0.1) is 11.3 Å². The van der Waals surface area contributed by atoms with Crippen molar-refractivity contribution < 1.29 is 13.6 Å². The van der Waals surface area contributed by atoms with Gasteiger partial charge >= 0.3 is 0 Å². The molecule has 0 radical (unpaired) electrons. The Kier molecular flexibility index (Phi) is 7.50. The second-order valence-electron chi connectivity index (χ2n) is 6.24. The Hall–Kier alpha value is -1.95. The van der Waals surface area contributed by atoms with Crippen LogP contribution in [0.2, 0.25) is 10.0 Å². The molecule has 30 heavy (non-hydrogen) atoms. The van der Waals surface area contributed by atoms with Gasteiger partial charge in [0.05, 0.1) is 35.2 Å². The number of rotatable bonds is 7. The predicted octanol–water partition coefficient (Wildman–Crippen LogP) is 3.26. The van der Waals surface area contributed by atoms with Crippen molar-refractivity contribution in [2.24, 2.45) is 0 Å². The van der Waals surface area contributed by atoms with Gasteiger partial charge < -0.3 is 9.87 Å². The topological polar surface area (TPSA) is 120 Å². The highest BCUT2D eigenvalue weighted by atomic mass is 35.5. The molecule has 0 aliphatic heterocycles. The third kappa shape index (κ3) is 5.81. The van der Waals surface area contributed by atoms with Crippen molar-refractivity contribution >= 4 is 51.7 Å². The highest BCUT2D eigenvalue weighted by molar-refractivity contribution is 7.77. The Morgan fingerprint density at radius 1 is 1.20 bits per heavy atom. The van der Waals surface area contributed by atoms with E-state index in [1.54, 1.807) is 25.3 Å². The fourth-order valence-corrected chi connectivity index (χ4v) is 4.47. The molecule has 2 aromatic heterocycles. The summed E-state index contributed by atoms with van der Waals surface area (Å²) < 4.78 is 25.1. The van der Waals surface area contributed by atoms with Gasteiger partial charge in [-0.05, 0) is 37.6 Å². The van der Waals surface area contributed by atoms with Crippen molar-refractivity contribution in [3.05, 3.63) is 73.2 Å². The van der Waals surface area contributed by atoms with E-state index in [9.17, 15) is 13.6 Å². The molecule has 0 saturated heterocycles. The standard InChI is InChI=1S/C18H17Cl2N5O3S2/c1-9-16(17(25-30(27)28)11-3-12(19)5-13(20)4-11)22-8-15(24-9)18(26)23-7-14-6-21-10(2)29-14/h3-6,8,17,25H,7H2,1-2H3,(H,23,26)(H,27,28)/p-1. The third-order valence-corrected chi connectivity index (χ3v) is 5.79. The maximum absolute atomic E-state index is 12.4. The van der Waals surface area contributed by atoms with Crippen LogP contribution < -0.4 is 10.0 Å². The average Bonchev–Trinajstić information content (AvgIpc) is 3.08. The van der Waals surface area contributed by atoms with E-state index < -0.39 is 23.2 Å². The maximum atomic E-state index is 12.4. The number of hydrogen-bond acceptors (Lipinski definition) is 7. The highest BCUT2D eigenvalue weighted by Crippen LogP contribution is 2.28.